The summed E-state index contributed by atoms with van der Waals surface area (Å²) in [7, 11) is 0. The molecule has 0 radical (unpaired) electrons. The molecule has 96 valence electrons. The second-order valence-corrected chi connectivity index (χ2v) is 6.18. The Bertz CT molecular complexity index is 345. The minimum Gasteiger partial charge on any atom is -0.448 e. The largest absolute Gasteiger partial charge is 0.448 e. The van der Waals surface area contributed by atoms with Gasteiger partial charge in [0.05, 0.1) is 5.69 Å². The predicted octanol–water partition coefficient (Wildman–Crippen LogP) is 3.30. The molecule has 1 heterocycles. The third kappa shape index (κ3) is 3.84. The van der Waals surface area contributed by atoms with Crippen LogP contribution in [0.2, 0.25) is 0 Å². The molecule has 1 aliphatic carbocycles. The molecule has 3 heteroatoms. The van der Waals surface area contributed by atoms with Gasteiger partial charge >= 0.3 is 0 Å². The van der Waals surface area contributed by atoms with Crippen molar-refractivity contribution in [3.63, 3.8) is 0 Å². The molecule has 3 nitrogen and oxygen atoms in total. The molecule has 1 aliphatic rings. The number of rotatable bonds is 4. The molecule has 0 amide bonds. The van der Waals surface area contributed by atoms with Gasteiger partial charge in [-0.05, 0) is 26.7 Å². The minimum atomic E-state index is 0.129. The molecule has 0 aromatic carbocycles. The van der Waals surface area contributed by atoms with Gasteiger partial charge in [-0.1, -0.05) is 25.7 Å². The Balaban J connectivity index is 1.91. The summed E-state index contributed by atoms with van der Waals surface area (Å²) in [4.78, 5) is 4.33. The molecule has 0 saturated heterocycles. The van der Waals surface area contributed by atoms with E-state index in [0.29, 0.717) is 0 Å². The summed E-state index contributed by atoms with van der Waals surface area (Å²) in [6.45, 7) is 7.32. The molecule has 2 rings (SSSR count). The first-order valence-corrected chi connectivity index (χ1v) is 6.71. The van der Waals surface area contributed by atoms with Gasteiger partial charge in [0, 0.05) is 18.5 Å². The van der Waals surface area contributed by atoms with Gasteiger partial charge in [0.15, 0.2) is 6.39 Å². The molecule has 0 unspecified atom stereocenters. The Labute approximate surface area is 104 Å². The van der Waals surface area contributed by atoms with Gasteiger partial charge in [-0.25, -0.2) is 4.98 Å². The highest BCUT2D eigenvalue weighted by atomic mass is 16.3. The number of aromatic nitrogens is 1. The first-order chi connectivity index (χ1) is 8.04. The van der Waals surface area contributed by atoms with Crippen LogP contribution in [0.1, 0.15) is 57.9 Å². The van der Waals surface area contributed by atoms with Crippen molar-refractivity contribution in [2.45, 2.75) is 65.0 Å². The fraction of sp³-hybridized carbons (Fsp3) is 0.786. The molecule has 17 heavy (non-hydrogen) atoms. The van der Waals surface area contributed by atoms with E-state index in [9.17, 15) is 0 Å². The van der Waals surface area contributed by atoms with Crippen LogP contribution in [0, 0.1) is 5.92 Å². The summed E-state index contributed by atoms with van der Waals surface area (Å²) in [5.41, 5.74) is 1.22. The van der Waals surface area contributed by atoms with Gasteiger partial charge in [-0.15, -0.1) is 0 Å². The van der Waals surface area contributed by atoms with Crippen LogP contribution in [-0.2, 0) is 13.0 Å². The number of hydrogen-bond donors (Lipinski definition) is 1. The molecular weight excluding hydrogens is 212 g/mol. The highest BCUT2D eigenvalue weighted by molar-refractivity contribution is 5.08. The third-order valence-electron chi connectivity index (χ3n) is 3.46. The van der Waals surface area contributed by atoms with Crippen LogP contribution in [0.15, 0.2) is 10.8 Å². The van der Waals surface area contributed by atoms with E-state index in [-0.39, 0.29) is 5.54 Å². The van der Waals surface area contributed by atoms with Gasteiger partial charge in [0.2, 0.25) is 0 Å². The monoisotopic (exact) mass is 236 g/mol. The average Bonchev–Trinajstić information content (AvgIpc) is 2.86. The maximum Gasteiger partial charge on any atom is 0.181 e. The molecule has 1 aromatic rings. The van der Waals surface area contributed by atoms with Crippen molar-refractivity contribution in [3.8, 4) is 0 Å². The molecule has 0 aliphatic heterocycles. The zero-order chi connectivity index (χ0) is 12.3. The lowest BCUT2D eigenvalue weighted by Crippen LogP contribution is -2.35. The zero-order valence-corrected chi connectivity index (χ0v) is 11.3. The summed E-state index contributed by atoms with van der Waals surface area (Å²) in [6, 6.07) is 0. The zero-order valence-electron chi connectivity index (χ0n) is 11.3. The standard InChI is InChI=1S/C14H24N2O/c1-14(2,3)16-9-12-13(17-10-15-12)8-11-6-4-5-7-11/h10-11,16H,4-9H2,1-3H3. The summed E-state index contributed by atoms with van der Waals surface area (Å²) >= 11 is 0. The summed E-state index contributed by atoms with van der Waals surface area (Å²) < 4.78 is 5.54. The maximum absolute atomic E-state index is 5.54. The van der Waals surface area contributed by atoms with Crippen molar-refractivity contribution in [1.29, 1.82) is 0 Å². The third-order valence-corrected chi connectivity index (χ3v) is 3.46. The summed E-state index contributed by atoms with van der Waals surface area (Å²) in [5, 5.41) is 3.47. The van der Waals surface area contributed by atoms with Crippen molar-refractivity contribution in [2.75, 3.05) is 0 Å². The van der Waals surface area contributed by atoms with Crippen LogP contribution in [0.3, 0.4) is 0 Å². The van der Waals surface area contributed by atoms with Crippen LogP contribution in [0.25, 0.3) is 0 Å². The van der Waals surface area contributed by atoms with E-state index in [1.54, 1.807) is 6.39 Å². The Morgan fingerprint density at radius 2 is 2.06 bits per heavy atom. The van der Waals surface area contributed by atoms with Gasteiger partial charge in [0.1, 0.15) is 5.76 Å². The highest BCUT2D eigenvalue weighted by Crippen LogP contribution is 2.28. The van der Waals surface area contributed by atoms with Crippen molar-refractivity contribution in [3.05, 3.63) is 17.8 Å². The predicted molar refractivity (Wildman–Crippen MR) is 68.8 cm³/mol. The number of oxazole rings is 1. The minimum absolute atomic E-state index is 0.129. The lowest BCUT2D eigenvalue weighted by molar-refractivity contribution is 0.409. The smallest absolute Gasteiger partial charge is 0.181 e. The maximum atomic E-state index is 5.54. The Morgan fingerprint density at radius 3 is 2.71 bits per heavy atom. The Kier molecular flexibility index (Phi) is 3.87. The molecule has 1 aromatic heterocycles. The van der Waals surface area contributed by atoms with E-state index in [1.807, 2.05) is 0 Å². The highest BCUT2D eigenvalue weighted by Gasteiger charge is 2.20. The van der Waals surface area contributed by atoms with Crippen molar-refractivity contribution < 1.29 is 4.42 Å². The van der Waals surface area contributed by atoms with E-state index < -0.39 is 0 Å². The van der Waals surface area contributed by atoms with E-state index in [2.05, 4.69) is 31.1 Å². The van der Waals surface area contributed by atoms with Crippen LogP contribution < -0.4 is 5.32 Å². The van der Waals surface area contributed by atoms with E-state index >= 15 is 0 Å². The van der Waals surface area contributed by atoms with E-state index in [4.69, 9.17) is 4.42 Å². The number of nitrogens with zero attached hydrogens (tertiary/aromatic N) is 1. The Hall–Kier alpha value is -0.830. The fourth-order valence-corrected chi connectivity index (χ4v) is 2.43. The van der Waals surface area contributed by atoms with Crippen LogP contribution in [0.4, 0.5) is 0 Å². The lowest BCUT2D eigenvalue weighted by atomic mass is 10.0. The SMILES string of the molecule is CC(C)(C)NCc1ncoc1CC1CCCC1. The topological polar surface area (TPSA) is 38.1 Å². The van der Waals surface area contributed by atoms with Crippen molar-refractivity contribution >= 4 is 0 Å². The first-order valence-electron chi connectivity index (χ1n) is 6.71. The van der Waals surface area contributed by atoms with Gasteiger partial charge in [0.25, 0.3) is 0 Å². The summed E-state index contributed by atoms with van der Waals surface area (Å²) in [6.07, 6.45) is 8.13. The van der Waals surface area contributed by atoms with Crippen molar-refractivity contribution in [1.82, 2.24) is 10.3 Å². The van der Waals surface area contributed by atoms with E-state index in [0.717, 1.165) is 30.3 Å². The van der Waals surface area contributed by atoms with Gasteiger partial charge < -0.3 is 9.73 Å². The summed E-state index contributed by atoms with van der Waals surface area (Å²) in [5.74, 6) is 1.91. The van der Waals surface area contributed by atoms with Gasteiger partial charge in [-0.2, -0.15) is 0 Å². The molecule has 1 N–H and O–H groups in total. The quantitative estimate of drug-likeness (QED) is 0.871. The molecule has 1 fully saturated rings. The second kappa shape index (κ2) is 5.21. The van der Waals surface area contributed by atoms with Crippen LogP contribution in [-0.4, -0.2) is 10.5 Å². The second-order valence-electron chi connectivity index (χ2n) is 6.18. The molecule has 0 bridgehead atoms. The number of nitrogens with one attached hydrogen (secondary N) is 1. The van der Waals surface area contributed by atoms with Crippen molar-refractivity contribution in [2.24, 2.45) is 5.92 Å². The Morgan fingerprint density at radius 1 is 1.35 bits per heavy atom. The molecule has 1 saturated carbocycles. The average molecular weight is 236 g/mol. The van der Waals surface area contributed by atoms with Crippen LogP contribution >= 0.6 is 0 Å². The fourth-order valence-electron chi connectivity index (χ4n) is 2.43. The molecule has 0 atom stereocenters. The number of hydrogen-bond acceptors (Lipinski definition) is 3. The molecule has 0 spiro atoms. The lowest BCUT2D eigenvalue weighted by Gasteiger charge is -2.20. The van der Waals surface area contributed by atoms with Gasteiger partial charge in [-0.3, -0.25) is 0 Å². The normalized spacial score (nSPS) is 17.8. The first kappa shape index (κ1) is 12.6. The van der Waals surface area contributed by atoms with E-state index in [1.165, 1.54) is 25.7 Å². The molecular formula is C14H24N2O. The van der Waals surface area contributed by atoms with Crippen LogP contribution in [0.5, 0.6) is 0 Å².